The lowest BCUT2D eigenvalue weighted by Gasteiger charge is -2.15. The summed E-state index contributed by atoms with van der Waals surface area (Å²) in [6.07, 6.45) is 5.30. The van der Waals surface area contributed by atoms with Crippen molar-refractivity contribution >= 4 is 67.5 Å². The first-order valence-corrected chi connectivity index (χ1v) is 14.2. The molecule has 1 aliphatic carbocycles. The largest absolute Gasteiger partial charge is 0.490 e. The number of nitrogens with zero attached hydrogens (tertiary/aromatic N) is 2. The molecule has 1 aromatic heterocycles. The van der Waals surface area contributed by atoms with Gasteiger partial charge >= 0.3 is 0 Å². The van der Waals surface area contributed by atoms with Crippen LogP contribution >= 0.6 is 50.5 Å². The van der Waals surface area contributed by atoms with Gasteiger partial charge < -0.3 is 14.8 Å². The molecule has 0 saturated carbocycles. The number of thiophene rings is 1. The number of hydrogen-bond acceptors (Lipinski definition) is 6. The third-order valence-corrected chi connectivity index (χ3v) is 8.29. The lowest BCUT2D eigenvalue weighted by Crippen LogP contribution is -2.13. The van der Waals surface area contributed by atoms with Crippen LogP contribution in [-0.2, 0) is 24.2 Å². The molecule has 1 aliphatic rings. The second-order valence-corrected chi connectivity index (χ2v) is 11.2. The molecule has 0 spiro atoms. The van der Waals surface area contributed by atoms with Gasteiger partial charge in [0.15, 0.2) is 11.5 Å². The van der Waals surface area contributed by atoms with E-state index >= 15 is 0 Å². The number of fused-ring (bicyclic) bond motifs is 1. The van der Waals surface area contributed by atoms with Crippen LogP contribution in [0.5, 0.6) is 11.5 Å². The SMILES string of the molecule is CCOc1cc(/C=C(\C#N)C(=O)Nc2sc3c(c2C#N)CCCC3)cc(Br)c1OCc1ccc(Cl)cc1Cl. The number of rotatable bonds is 8. The molecule has 0 aliphatic heterocycles. The molecule has 0 fully saturated rings. The van der Waals surface area contributed by atoms with E-state index in [4.69, 9.17) is 32.7 Å². The standard InChI is InChI=1S/C28H22BrCl2N3O3S/c1-2-36-24-11-16(10-22(29)26(24)37-15-17-7-8-19(30)12-23(17)31)9-18(13-32)27(35)34-28-21(14-33)20-5-3-4-6-25(20)38-28/h7-12H,2-6,15H2,1H3,(H,34,35)/b18-9+. The summed E-state index contributed by atoms with van der Waals surface area (Å²) in [6, 6.07) is 12.8. The zero-order valence-corrected chi connectivity index (χ0v) is 24.3. The summed E-state index contributed by atoms with van der Waals surface area (Å²) in [5.74, 6) is 0.323. The van der Waals surface area contributed by atoms with E-state index in [1.54, 1.807) is 30.3 Å². The highest BCUT2D eigenvalue weighted by Crippen LogP contribution is 2.40. The van der Waals surface area contributed by atoms with E-state index in [0.717, 1.165) is 41.7 Å². The van der Waals surface area contributed by atoms with Crippen LogP contribution in [0, 0.1) is 22.7 Å². The maximum Gasteiger partial charge on any atom is 0.266 e. The molecular formula is C28H22BrCl2N3O3S. The van der Waals surface area contributed by atoms with Crippen LogP contribution in [0.4, 0.5) is 5.00 Å². The molecule has 38 heavy (non-hydrogen) atoms. The van der Waals surface area contributed by atoms with Gasteiger partial charge in [-0.15, -0.1) is 11.3 Å². The number of aryl methyl sites for hydroxylation is 1. The number of amides is 1. The van der Waals surface area contributed by atoms with Crippen molar-refractivity contribution in [1.82, 2.24) is 0 Å². The summed E-state index contributed by atoms with van der Waals surface area (Å²) >= 11 is 17.2. The Hall–Kier alpha value is -3.01. The molecule has 0 unspecified atom stereocenters. The zero-order chi connectivity index (χ0) is 27.2. The van der Waals surface area contributed by atoms with Crippen molar-refractivity contribution in [3.63, 3.8) is 0 Å². The summed E-state index contributed by atoms with van der Waals surface area (Å²) in [5.41, 5.74) is 2.73. The second kappa shape index (κ2) is 12.7. The molecule has 10 heteroatoms. The fourth-order valence-corrected chi connectivity index (χ4v) is 6.39. The van der Waals surface area contributed by atoms with Gasteiger partial charge in [0, 0.05) is 20.5 Å². The minimum Gasteiger partial charge on any atom is -0.490 e. The maximum absolute atomic E-state index is 13.0. The van der Waals surface area contributed by atoms with E-state index in [1.807, 2.05) is 13.0 Å². The molecule has 194 valence electrons. The number of carbonyl (C=O) groups is 1. The summed E-state index contributed by atoms with van der Waals surface area (Å²) in [4.78, 5) is 14.1. The normalized spacial score (nSPS) is 12.7. The molecule has 1 heterocycles. The molecule has 0 radical (unpaired) electrons. The van der Waals surface area contributed by atoms with Crippen LogP contribution < -0.4 is 14.8 Å². The van der Waals surface area contributed by atoms with Crippen LogP contribution in [-0.4, -0.2) is 12.5 Å². The second-order valence-electron chi connectivity index (χ2n) is 8.44. The van der Waals surface area contributed by atoms with Crippen molar-refractivity contribution in [2.24, 2.45) is 0 Å². The highest BCUT2D eigenvalue weighted by atomic mass is 79.9. The van der Waals surface area contributed by atoms with Gasteiger partial charge in [0.2, 0.25) is 0 Å². The first-order valence-electron chi connectivity index (χ1n) is 11.8. The van der Waals surface area contributed by atoms with Crippen LogP contribution in [0.1, 0.15) is 46.9 Å². The monoisotopic (exact) mass is 629 g/mol. The first kappa shape index (κ1) is 28.0. The molecule has 0 atom stereocenters. The summed E-state index contributed by atoms with van der Waals surface area (Å²) < 4.78 is 12.4. The molecule has 1 N–H and O–H groups in total. The lowest BCUT2D eigenvalue weighted by atomic mass is 9.96. The number of halogens is 3. The van der Waals surface area contributed by atoms with Crippen molar-refractivity contribution in [2.75, 3.05) is 11.9 Å². The average Bonchev–Trinajstić information content (AvgIpc) is 3.24. The van der Waals surface area contributed by atoms with Crippen LogP contribution in [0.25, 0.3) is 6.08 Å². The van der Waals surface area contributed by atoms with Crippen molar-refractivity contribution in [3.8, 4) is 23.6 Å². The van der Waals surface area contributed by atoms with Gasteiger partial charge in [0.25, 0.3) is 5.91 Å². The van der Waals surface area contributed by atoms with Crippen molar-refractivity contribution < 1.29 is 14.3 Å². The number of carbonyl (C=O) groups excluding carboxylic acids is 1. The number of nitriles is 2. The quantitative estimate of drug-likeness (QED) is 0.200. The average molecular weight is 631 g/mol. The van der Waals surface area contributed by atoms with E-state index in [1.165, 1.54) is 17.4 Å². The third-order valence-electron chi connectivity index (χ3n) is 5.91. The van der Waals surface area contributed by atoms with Crippen molar-refractivity contribution in [2.45, 2.75) is 39.2 Å². The molecule has 1 amide bonds. The Bertz CT molecular complexity index is 1500. The Kier molecular flexibility index (Phi) is 9.35. The van der Waals surface area contributed by atoms with Crippen LogP contribution in [0.15, 0.2) is 40.4 Å². The Morgan fingerprint density at radius 2 is 1.97 bits per heavy atom. The Labute approximate surface area is 243 Å². The molecule has 0 bridgehead atoms. The fourth-order valence-electron chi connectivity index (χ4n) is 4.12. The maximum atomic E-state index is 13.0. The topological polar surface area (TPSA) is 95.1 Å². The number of nitrogens with one attached hydrogen (secondary N) is 1. The van der Waals surface area contributed by atoms with Gasteiger partial charge in [0.05, 0.1) is 16.6 Å². The summed E-state index contributed by atoms with van der Waals surface area (Å²) in [5, 5.41) is 23.7. The molecule has 2 aromatic carbocycles. The minimum absolute atomic E-state index is 0.101. The first-order chi connectivity index (χ1) is 18.3. The fraction of sp³-hybridized carbons (Fsp3) is 0.250. The van der Waals surface area contributed by atoms with Gasteiger partial charge in [-0.2, -0.15) is 10.5 Å². The molecular weight excluding hydrogens is 609 g/mol. The van der Waals surface area contributed by atoms with E-state index in [2.05, 4.69) is 27.3 Å². The van der Waals surface area contributed by atoms with Gasteiger partial charge in [0.1, 0.15) is 29.3 Å². The van der Waals surface area contributed by atoms with Crippen molar-refractivity contribution in [1.29, 1.82) is 10.5 Å². The Balaban J connectivity index is 1.58. The van der Waals surface area contributed by atoms with Crippen LogP contribution in [0.2, 0.25) is 10.0 Å². The molecule has 3 aromatic rings. The summed E-state index contributed by atoms with van der Waals surface area (Å²) in [6.45, 7) is 2.41. The summed E-state index contributed by atoms with van der Waals surface area (Å²) in [7, 11) is 0. The van der Waals surface area contributed by atoms with E-state index in [9.17, 15) is 15.3 Å². The van der Waals surface area contributed by atoms with E-state index in [0.29, 0.717) is 48.8 Å². The zero-order valence-electron chi connectivity index (χ0n) is 20.4. The van der Waals surface area contributed by atoms with E-state index < -0.39 is 5.91 Å². The number of ether oxygens (including phenoxy) is 2. The third kappa shape index (κ3) is 6.34. The highest BCUT2D eigenvalue weighted by Gasteiger charge is 2.23. The van der Waals surface area contributed by atoms with Gasteiger partial charge in [-0.3, -0.25) is 4.79 Å². The number of hydrogen-bond donors (Lipinski definition) is 1. The number of anilines is 1. The smallest absolute Gasteiger partial charge is 0.266 e. The highest BCUT2D eigenvalue weighted by molar-refractivity contribution is 9.10. The van der Waals surface area contributed by atoms with Gasteiger partial charge in [-0.25, -0.2) is 0 Å². The van der Waals surface area contributed by atoms with Crippen molar-refractivity contribution in [3.05, 3.63) is 77.6 Å². The van der Waals surface area contributed by atoms with E-state index in [-0.39, 0.29) is 12.2 Å². The Morgan fingerprint density at radius 1 is 1.18 bits per heavy atom. The molecule has 0 saturated heterocycles. The predicted molar refractivity (Wildman–Crippen MR) is 154 cm³/mol. The Morgan fingerprint density at radius 3 is 2.68 bits per heavy atom. The molecule has 6 nitrogen and oxygen atoms in total. The number of benzene rings is 2. The minimum atomic E-state index is -0.575. The molecule has 4 rings (SSSR count). The van der Waals surface area contributed by atoms with Crippen LogP contribution in [0.3, 0.4) is 0 Å². The predicted octanol–water partition coefficient (Wildman–Crippen LogP) is 8.09. The van der Waals surface area contributed by atoms with Gasteiger partial charge in [-0.05, 0) is 90.0 Å². The lowest BCUT2D eigenvalue weighted by molar-refractivity contribution is -0.112. The van der Waals surface area contributed by atoms with Gasteiger partial charge in [-0.1, -0.05) is 29.3 Å².